The van der Waals surface area contributed by atoms with Crippen LogP contribution >= 0.6 is 11.8 Å². The van der Waals surface area contributed by atoms with Crippen LogP contribution in [0.25, 0.3) is 0 Å². The Bertz CT molecular complexity index is 289. The van der Waals surface area contributed by atoms with Gasteiger partial charge in [0.15, 0.2) is 0 Å². The lowest BCUT2D eigenvalue weighted by atomic mass is 10.1. The average Bonchev–Trinajstić information content (AvgIpc) is 2.19. The van der Waals surface area contributed by atoms with Crippen molar-refractivity contribution in [2.45, 2.75) is 6.42 Å². The Morgan fingerprint density at radius 1 is 1.36 bits per heavy atom. The normalized spacial score (nSPS) is 9.86. The summed E-state index contributed by atoms with van der Waals surface area (Å²) in [6.45, 7) is 0.761. The van der Waals surface area contributed by atoms with Crippen LogP contribution in [0.4, 0.5) is 0 Å². The van der Waals surface area contributed by atoms with Crippen LogP contribution in [0.1, 0.15) is 5.56 Å². The minimum Gasteiger partial charge on any atom is -0.329 e. The van der Waals surface area contributed by atoms with E-state index in [9.17, 15) is 4.79 Å². The van der Waals surface area contributed by atoms with E-state index < -0.39 is 0 Å². The zero-order valence-corrected chi connectivity index (χ0v) is 8.57. The molecule has 0 fully saturated rings. The maximum absolute atomic E-state index is 11.4. The highest BCUT2D eigenvalue weighted by molar-refractivity contribution is 6.21. The second-order valence-corrected chi connectivity index (χ2v) is 3.34. The maximum atomic E-state index is 11.4. The van der Waals surface area contributed by atoms with Gasteiger partial charge in [-0.1, -0.05) is 30.3 Å². The van der Waals surface area contributed by atoms with Crippen molar-refractivity contribution in [2.24, 2.45) is 5.73 Å². The molecule has 1 aromatic carbocycles. The Morgan fingerprint density at radius 3 is 2.57 bits per heavy atom. The van der Waals surface area contributed by atoms with Crippen molar-refractivity contribution in [3.63, 3.8) is 0 Å². The number of nitrogens with zero attached hydrogens (tertiary/aromatic N) is 1. The molecule has 4 heteroatoms. The van der Waals surface area contributed by atoms with Gasteiger partial charge in [-0.3, -0.25) is 9.21 Å². The predicted octanol–water partition coefficient (Wildman–Crippen LogP) is 1.17. The summed E-state index contributed by atoms with van der Waals surface area (Å²) in [6.07, 6.45) is 0.324. The third-order valence-electron chi connectivity index (χ3n) is 1.79. The van der Waals surface area contributed by atoms with Gasteiger partial charge in [-0.2, -0.15) is 0 Å². The van der Waals surface area contributed by atoms with E-state index >= 15 is 0 Å². The minimum atomic E-state index is -0.122. The van der Waals surface area contributed by atoms with Gasteiger partial charge in [-0.25, -0.2) is 0 Å². The van der Waals surface area contributed by atoms with Crippen LogP contribution in [0.5, 0.6) is 0 Å². The van der Waals surface area contributed by atoms with Crippen LogP contribution in [0.2, 0.25) is 0 Å². The SMILES string of the molecule is NCCN(Cl)C(=O)Cc1ccccc1. The van der Waals surface area contributed by atoms with Gasteiger partial charge in [-0.05, 0) is 5.56 Å². The third-order valence-corrected chi connectivity index (χ3v) is 2.15. The molecule has 0 spiro atoms. The molecular formula is C10H13ClN2O. The molecule has 0 saturated carbocycles. The highest BCUT2D eigenvalue weighted by Crippen LogP contribution is 2.04. The first kappa shape index (κ1) is 11.0. The third kappa shape index (κ3) is 3.36. The fourth-order valence-electron chi connectivity index (χ4n) is 1.09. The number of hydrogen-bond acceptors (Lipinski definition) is 2. The summed E-state index contributed by atoms with van der Waals surface area (Å²) in [5.41, 5.74) is 6.24. The van der Waals surface area contributed by atoms with Crippen molar-refractivity contribution >= 4 is 17.7 Å². The van der Waals surface area contributed by atoms with Gasteiger partial charge >= 0.3 is 0 Å². The zero-order valence-electron chi connectivity index (χ0n) is 7.82. The van der Waals surface area contributed by atoms with Crippen LogP contribution in [-0.2, 0) is 11.2 Å². The van der Waals surface area contributed by atoms with Gasteiger partial charge in [0.25, 0.3) is 0 Å². The highest BCUT2D eigenvalue weighted by atomic mass is 35.5. The Balaban J connectivity index is 2.49. The summed E-state index contributed by atoms with van der Waals surface area (Å²) in [6, 6.07) is 9.48. The number of hydrogen-bond donors (Lipinski definition) is 1. The molecule has 1 aromatic rings. The molecule has 0 aliphatic heterocycles. The quantitative estimate of drug-likeness (QED) is 0.762. The molecule has 0 aliphatic rings. The number of halogens is 1. The fraction of sp³-hybridized carbons (Fsp3) is 0.300. The van der Waals surface area contributed by atoms with Gasteiger partial charge in [0.05, 0.1) is 13.0 Å². The average molecular weight is 213 g/mol. The Labute approximate surface area is 88.6 Å². The standard InChI is InChI=1S/C10H13ClN2O/c11-13(7-6-12)10(14)8-9-4-2-1-3-5-9/h1-5H,6-8,12H2. The zero-order chi connectivity index (χ0) is 10.4. The van der Waals surface area contributed by atoms with E-state index in [0.717, 1.165) is 9.98 Å². The van der Waals surface area contributed by atoms with E-state index in [1.54, 1.807) is 0 Å². The van der Waals surface area contributed by atoms with Crippen LogP contribution in [0, 0.1) is 0 Å². The number of benzene rings is 1. The molecule has 0 aliphatic carbocycles. The summed E-state index contributed by atoms with van der Waals surface area (Å²) in [5, 5.41) is 0. The summed E-state index contributed by atoms with van der Waals surface area (Å²) in [5.74, 6) is -0.122. The first-order valence-corrected chi connectivity index (χ1v) is 4.78. The number of rotatable bonds is 4. The van der Waals surface area contributed by atoms with Crippen molar-refractivity contribution < 1.29 is 4.79 Å². The van der Waals surface area contributed by atoms with Crippen LogP contribution < -0.4 is 5.73 Å². The number of amides is 1. The van der Waals surface area contributed by atoms with Crippen LogP contribution in [0.3, 0.4) is 0 Å². The van der Waals surface area contributed by atoms with Gasteiger partial charge in [-0.15, -0.1) is 0 Å². The number of carbonyl (C=O) groups excluding carboxylic acids is 1. The lowest BCUT2D eigenvalue weighted by Gasteiger charge is -2.12. The smallest absolute Gasteiger partial charge is 0.241 e. The molecule has 3 nitrogen and oxygen atoms in total. The van der Waals surface area contributed by atoms with Gasteiger partial charge in [0.2, 0.25) is 5.91 Å². The first-order chi connectivity index (χ1) is 6.74. The molecule has 2 N–H and O–H groups in total. The first-order valence-electron chi connectivity index (χ1n) is 4.44. The van der Waals surface area contributed by atoms with E-state index in [2.05, 4.69) is 0 Å². The van der Waals surface area contributed by atoms with Crippen molar-refractivity contribution in [3.05, 3.63) is 35.9 Å². The predicted molar refractivity (Wildman–Crippen MR) is 56.8 cm³/mol. The van der Waals surface area contributed by atoms with E-state index in [4.69, 9.17) is 17.5 Å². The molecule has 0 atom stereocenters. The van der Waals surface area contributed by atoms with E-state index in [1.807, 2.05) is 30.3 Å². The van der Waals surface area contributed by atoms with Crippen LogP contribution in [0.15, 0.2) is 30.3 Å². The van der Waals surface area contributed by atoms with Gasteiger partial charge in [0.1, 0.15) is 0 Å². The molecule has 1 amide bonds. The molecule has 0 unspecified atom stereocenters. The number of nitrogens with two attached hydrogens (primary N) is 1. The maximum Gasteiger partial charge on any atom is 0.241 e. The molecule has 14 heavy (non-hydrogen) atoms. The monoisotopic (exact) mass is 212 g/mol. The van der Waals surface area contributed by atoms with E-state index in [0.29, 0.717) is 19.5 Å². The molecular weight excluding hydrogens is 200 g/mol. The molecule has 0 bridgehead atoms. The van der Waals surface area contributed by atoms with Crippen LogP contribution in [-0.4, -0.2) is 23.4 Å². The molecule has 1 rings (SSSR count). The Morgan fingerprint density at radius 2 is 2.00 bits per heavy atom. The second-order valence-electron chi connectivity index (χ2n) is 2.93. The van der Waals surface area contributed by atoms with E-state index in [-0.39, 0.29) is 5.91 Å². The van der Waals surface area contributed by atoms with Crippen molar-refractivity contribution in [1.29, 1.82) is 0 Å². The second kappa shape index (κ2) is 5.62. The molecule has 0 saturated heterocycles. The minimum absolute atomic E-state index is 0.122. The fourth-order valence-corrected chi connectivity index (χ4v) is 1.25. The Kier molecular flexibility index (Phi) is 4.43. The summed E-state index contributed by atoms with van der Waals surface area (Å²) >= 11 is 5.69. The highest BCUT2D eigenvalue weighted by Gasteiger charge is 2.09. The Hall–Kier alpha value is -1.06. The summed E-state index contributed by atoms with van der Waals surface area (Å²) in [7, 11) is 0. The van der Waals surface area contributed by atoms with Gasteiger partial charge in [0, 0.05) is 18.3 Å². The number of carbonyl (C=O) groups is 1. The molecule has 0 radical (unpaired) electrons. The lowest BCUT2D eigenvalue weighted by Crippen LogP contribution is -2.28. The topological polar surface area (TPSA) is 46.3 Å². The molecule has 0 aromatic heterocycles. The molecule has 0 heterocycles. The lowest BCUT2D eigenvalue weighted by molar-refractivity contribution is -0.125. The van der Waals surface area contributed by atoms with Crippen molar-refractivity contribution in [3.8, 4) is 0 Å². The largest absolute Gasteiger partial charge is 0.329 e. The van der Waals surface area contributed by atoms with Crippen molar-refractivity contribution in [1.82, 2.24) is 4.42 Å². The summed E-state index contributed by atoms with van der Waals surface area (Å²) in [4.78, 5) is 11.4. The van der Waals surface area contributed by atoms with Crippen molar-refractivity contribution in [2.75, 3.05) is 13.1 Å². The summed E-state index contributed by atoms with van der Waals surface area (Å²) < 4.78 is 1.13. The van der Waals surface area contributed by atoms with E-state index in [1.165, 1.54) is 0 Å². The van der Waals surface area contributed by atoms with Gasteiger partial charge < -0.3 is 5.73 Å². The molecule has 76 valence electrons.